The van der Waals surface area contributed by atoms with Crippen molar-refractivity contribution < 1.29 is 22.7 Å². The van der Waals surface area contributed by atoms with Crippen LogP contribution in [-0.2, 0) is 19.6 Å². The van der Waals surface area contributed by atoms with Gasteiger partial charge in [0.05, 0.1) is 25.2 Å². The van der Waals surface area contributed by atoms with Crippen LogP contribution >= 0.6 is 11.6 Å². The first kappa shape index (κ1) is 23.1. The Bertz CT molecular complexity index is 1070. The molecule has 0 unspecified atom stereocenters. The van der Waals surface area contributed by atoms with Crippen molar-refractivity contribution in [1.29, 1.82) is 0 Å². The highest BCUT2D eigenvalue weighted by Gasteiger charge is 2.23. The molecule has 1 aliphatic heterocycles. The predicted molar refractivity (Wildman–Crippen MR) is 120 cm³/mol. The summed E-state index contributed by atoms with van der Waals surface area (Å²) in [5.74, 6) is -0.654. The molecular formula is C21H24ClN3O5S. The highest BCUT2D eigenvalue weighted by molar-refractivity contribution is 7.92. The summed E-state index contributed by atoms with van der Waals surface area (Å²) in [6.07, 6.45) is 1.03. The lowest BCUT2D eigenvalue weighted by atomic mass is 10.1. The first-order valence-corrected chi connectivity index (χ1v) is 11.9. The van der Waals surface area contributed by atoms with Crippen molar-refractivity contribution in [3.05, 3.63) is 58.6 Å². The SMILES string of the molecule is Cc1c(Cl)cccc1NC(=O)CN(c1ccc(C(=O)N2CCOCC2)cc1)S(C)(=O)=O. The van der Waals surface area contributed by atoms with Crippen molar-refractivity contribution in [2.45, 2.75) is 6.92 Å². The van der Waals surface area contributed by atoms with E-state index in [0.717, 1.165) is 10.6 Å². The van der Waals surface area contributed by atoms with Gasteiger partial charge in [-0.05, 0) is 48.9 Å². The van der Waals surface area contributed by atoms with Crippen LogP contribution in [0.25, 0.3) is 0 Å². The lowest BCUT2D eigenvalue weighted by Crippen LogP contribution is -2.40. The van der Waals surface area contributed by atoms with Crippen LogP contribution in [0.15, 0.2) is 42.5 Å². The van der Waals surface area contributed by atoms with Gasteiger partial charge in [-0.2, -0.15) is 0 Å². The molecule has 0 atom stereocenters. The zero-order valence-electron chi connectivity index (χ0n) is 17.3. The van der Waals surface area contributed by atoms with Crippen molar-refractivity contribution in [3.63, 3.8) is 0 Å². The van der Waals surface area contributed by atoms with Gasteiger partial charge in [0.2, 0.25) is 15.9 Å². The number of carbonyl (C=O) groups excluding carboxylic acids is 2. The van der Waals surface area contributed by atoms with E-state index in [9.17, 15) is 18.0 Å². The number of morpholine rings is 1. The van der Waals surface area contributed by atoms with E-state index in [4.69, 9.17) is 16.3 Å². The van der Waals surface area contributed by atoms with Crippen LogP contribution in [0.1, 0.15) is 15.9 Å². The molecule has 0 aliphatic carbocycles. The molecule has 0 saturated carbocycles. The fourth-order valence-corrected chi connectivity index (χ4v) is 4.21. The average Bonchev–Trinajstić information content (AvgIpc) is 2.75. The van der Waals surface area contributed by atoms with Crippen LogP contribution in [-0.4, -0.2) is 64.2 Å². The molecule has 3 rings (SSSR count). The Morgan fingerprint density at radius 3 is 2.39 bits per heavy atom. The largest absolute Gasteiger partial charge is 0.378 e. The standard InChI is InChI=1S/C21H24ClN3O5S/c1-15-18(22)4-3-5-19(15)23-20(26)14-25(31(2,28)29)17-8-6-16(7-9-17)21(27)24-10-12-30-13-11-24/h3-9H,10-14H2,1-2H3,(H,23,26). The molecule has 1 fully saturated rings. The van der Waals surface area contributed by atoms with Crippen molar-refractivity contribution in [3.8, 4) is 0 Å². The Morgan fingerprint density at radius 2 is 1.77 bits per heavy atom. The second kappa shape index (κ2) is 9.67. The molecule has 8 nitrogen and oxygen atoms in total. The number of anilines is 2. The van der Waals surface area contributed by atoms with E-state index in [1.54, 1.807) is 42.2 Å². The number of nitrogens with zero attached hydrogens (tertiary/aromatic N) is 2. The molecule has 0 aromatic heterocycles. The number of amides is 2. The number of halogens is 1. The zero-order chi connectivity index (χ0) is 22.6. The minimum absolute atomic E-state index is 0.144. The topological polar surface area (TPSA) is 96.0 Å². The van der Waals surface area contributed by atoms with Crippen LogP contribution in [0, 0.1) is 6.92 Å². The molecule has 10 heteroatoms. The summed E-state index contributed by atoms with van der Waals surface area (Å²) in [4.78, 5) is 26.8. The molecule has 1 heterocycles. The fraction of sp³-hybridized carbons (Fsp3) is 0.333. The molecule has 1 aliphatic rings. The van der Waals surface area contributed by atoms with Gasteiger partial charge in [0.25, 0.3) is 5.91 Å². The number of rotatable bonds is 6. The minimum atomic E-state index is -3.74. The van der Waals surface area contributed by atoms with E-state index >= 15 is 0 Å². The van der Waals surface area contributed by atoms with Crippen LogP contribution in [0.4, 0.5) is 11.4 Å². The lowest BCUT2D eigenvalue weighted by Gasteiger charge is -2.27. The Hall–Kier alpha value is -2.62. The number of nitrogens with one attached hydrogen (secondary N) is 1. The van der Waals surface area contributed by atoms with Crippen molar-refractivity contribution in [2.75, 3.05) is 48.7 Å². The minimum Gasteiger partial charge on any atom is -0.378 e. The van der Waals surface area contributed by atoms with Gasteiger partial charge in [0, 0.05) is 29.4 Å². The number of hydrogen-bond acceptors (Lipinski definition) is 5. The summed E-state index contributed by atoms with van der Waals surface area (Å²) in [6, 6.07) is 11.3. The van der Waals surface area contributed by atoms with Crippen LogP contribution < -0.4 is 9.62 Å². The van der Waals surface area contributed by atoms with Gasteiger partial charge in [0.1, 0.15) is 6.54 Å². The smallest absolute Gasteiger partial charge is 0.254 e. The van der Waals surface area contributed by atoms with Gasteiger partial charge in [-0.1, -0.05) is 17.7 Å². The highest BCUT2D eigenvalue weighted by Crippen LogP contribution is 2.24. The van der Waals surface area contributed by atoms with Gasteiger partial charge < -0.3 is 15.0 Å². The van der Waals surface area contributed by atoms with Crippen molar-refractivity contribution in [1.82, 2.24) is 4.90 Å². The van der Waals surface area contributed by atoms with Gasteiger partial charge in [-0.25, -0.2) is 8.42 Å². The number of sulfonamides is 1. The molecule has 2 aromatic carbocycles. The Morgan fingerprint density at radius 1 is 1.13 bits per heavy atom. The highest BCUT2D eigenvalue weighted by atomic mass is 35.5. The second-order valence-electron chi connectivity index (χ2n) is 7.18. The summed E-state index contributed by atoms with van der Waals surface area (Å²) in [5.41, 5.74) is 1.93. The Balaban J connectivity index is 1.75. The Kier molecular flexibility index (Phi) is 7.19. The molecule has 1 N–H and O–H groups in total. The molecule has 31 heavy (non-hydrogen) atoms. The van der Waals surface area contributed by atoms with Crippen molar-refractivity contribution in [2.24, 2.45) is 0 Å². The molecule has 2 amide bonds. The molecule has 1 saturated heterocycles. The monoisotopic (exact) mass is 465 g/mol. The van der Waals surface area contributed by atoms with Gasteiger partial charge >= 0.3 is 0 Å². The van der Waals surface area contributed by atoms with Crippen molar-refractivity contribution >= 4 is 44.8 Å². The quantitative estimate of drug-likeness (QED) is 0.707. The predicted octanol–water partition coefficient (Wildman–Crippen LogP) is 2.53. The lowest BCUT2D eigenvalue weighted by molar-refractivity contribution is -0.114. The normalized spacial score (nSPS) is 14.2. The number of ether oxygens (including phenoxy) is 1. The van der Waals surface area contributed by atoms with E-state index in [1.165, 1.54) is 12.1 Å². The number of carbonyl (C=O) groups is 2. The van der Waals surface area contributed by atoms with Crippen LogP contribution in [0.5, 0.6) is 0 Å². The average molecular weight is 466 g/mol. The van der Waals surface area contributed by atoms with Gasteiger partial charge in [-0.3, -0.25) is 13.9 Å². The third-order valence-corrected chi connectivity index (χ3v) is 6.48. The Labute approximate surface area is 186 Å². The maximum atomic E-state index is 12.6. The third-order valence-electron chi connectivity index (χ3n) is 4.93. The molecule has 166 valence electrons. The fourth-order valence-electron chi connectivity index (χ4n) is 3.18. The van der Waals surface area contributed by atoms with E-state index < -0.39 is 22.5 Å². The summed E-state index contributed by atoms with van der Waals surface area (Å²) < 4.78 is 30.9. The first-order chi connectivity index (χ1) is 14.7. The number of benzene rings is 2. The third kappa shape index (κ3) is 5.75. The van der Waals surface area contributed by atoms with E-state index in [0.29, 0.717) is 53.8 Å². The maximum absolute atomic E-state index is 12.6. The van der Waals surface area contributed by atoms with E-state index in [2.05, 4.69) is 5.32 Å². The van der Waals surface area contributed by atoms with Crippen LogP contribution in [0.2, 0.25) is 5.02 Å². The number of hydrogen-bond donors (Lipinski definition) is 1. The molecule has 0 radical (unpaired) electrons. The van der Waals surface area contributed by atoms with Gasteiger partial charge in [0.15, 0.2) is 0 Å². The molecule has 0 spiro atoms. The maximum Gasteiger partial charge on any atom is 0.254 e. The molecule has 0 bridgehead atoms. The van der Waals surface area contributed by atoms with E-state index in [-0.39, 0.29) is 5.91 Å². The van der Waals surface area contributed by atoms with Gasteiger partial charge in [-0.15, -0.1) is 0 Å². The van der Waals surface area contributed by atoms with Crippen LogP contribution in [0.3, 0.4) is 0 Å². The molecule has 2 aromatic rings. The first-order valence-electron chi connectivity index (χ1n) is 9.66. The molecular weight excluding hydrogens is 442 g/mol. The second-order valence-corrected chi connectivity index (χ2v) is 9.50. The zero-order valence-corrected chi connectivity index (χ0v) is 18.9. The summed E-state index contributed by atoms with van der Waals surface area (Å²) in [5, 5.41) is 3.19. The summed E-state index contributed by atoms with van der Waals surface area (Å²) in [6.45, 7) is 3.36. The summed E-state index contributed by atoms with van der Waals surface area (Å²) in [7, 11) is -3.74. The summed E-state index contributed by atoms with van der Waals surface area (Å²) >= 11 is 6.07. The van der Waals surface area contributed by atoms with E-state index in [1.807, 2.05) is 0 Å².